The molecule has 0 aliphatic rings. The molecule has 5 heteroatoms. The van der Waals surface area contributed by atoms with E-state index < -0.39 is 0 Å². The van der Waals surface area contributed by atoms with Crippen molar-refractivity contribution in [3.8, 4) is 0 Å². The Hall–Kier alpha value is -1.36. The van der Waals surface area contributed by atoms with Gasteiger partial charge in [0.05, 0.1) is 12.6 Å². The third kappa shape index (κ3) is 10.1. The van der Waals surface area contributed by atoms with Crippen LogP contribution in [0, 0.1) is 5.41 Å². The Morgan fingerprint density at radius 2 is 1.91 bits per heavy atom. The van der Waals surface area contributed by atoms with E-state index in [1.54, 1.807) is 6.20 Å². The minimum atomic E-state index is -0.154. The van der Waals surface area contributed by atoms with E-state index in [1.165, 1.54) is 0 Å². The number of carbonyl (C=O) groups is 1. The topological polar surface area (TPSA) is 56.1 Å². The number of hydrogen-bond acceptors (Lipinski definition) is 4. The van der Waals surface area contributed by atoms with Crippen LogP contribution in [0.4, 0.5) is 0 Å². The summed E-state index contributed by atoms with van der Waals surface area (Å²) in [6.45, 7) is 14.8. The summed E-state index contributed by atoms with van der Waals surface area (Å²) in [5.74, 6) is -0.154. The Labute approximate surface area is 140 Å². The van der Waals surface area contributed by atoms with Gasteiger partial charge in [0, 0.05) is 23.8 Å². The molecule has 0 fully saturated rings. The largest absolute Gasteiger partial charge is 0.461 e. The summed E-state index contributed by atoms with van der Waals surface area (Å²) in [5, 5.41) is 7.80. The van der Waals surface area contributed by atoms with E-state index in [1.807, 2.05) is 31.6 Å². The fraction of sp³-hybridized carbons (Fsp3) is 0.778. The molecular formula is C18H33N3O2. The molecule has 1 N–H and O–H groups in total. The van der Waals surface area contributed by atoms with Gasteiger partial charge in [0.2, 0.25) is 0 Å². The Morgan fingerprint density at radius 3 is 2.52 bits per heavy atom. The van der Waals surface area contributed by atoms with Crippen molar-refractivity contribution < 1.29 is 9.53 Å². The zero-order chi connectivity index (χ0) is 17.5. The summed E-state index contributed by atoms with van der Waals surface area (Å²) in [5.41, 5.74) is 1.08. The van der Waals surface area contributed by atoms with Gasteiger partial charge in [0.15, 0.2) is 0 Å². The normalized spacial score (nSPS) is 12.4. The lowest BCUT2D eigenvalue weighted by Gasteiger charge is -2.20. The van der Waals surface area contributed by atoms with Crippen LogP contribution >= 0.6 is 0 Å². The summed E-state index contributed by atoms with van der Waals surface area (Å²) >= 11 is 0. The highest BCUT2D eigenvalue weighted by atomic mass is 16.5. The van der Waals surface area contributed by atoms with Crippen molar-refractivity contribution in [3.05, 3.63) is 18.0 Å². The summed E-state index contributed by atoms with van der Waals surface area (Å²) in [7, 11) is 0. The Bertz CT molecular complexity index is 481. The molecule has 23 heavy (non-hydrogen) atoms. The Morgan fingerprint density at radius 1 is 1.22 bits per heavy atom. The third-order valence-electron chi connectivity index (χ3n) is 3.23. The molecule has 0 aromatic carbocycles. The van der Waals surface area contributed by atoms with Crippen LogP contribution in [-0.2, 0) is 22.7 Å². The summed E-state index contributed by atoms with van der Waals surface area (Å²) in [4.78, 5) is 11.7. The molecule has 0 bridgehead atoms. The zero-order valence-electron chi connectivity index (χ0n) is 15.6. The van der Waals surface area contributed by atoms with Crippen LogP contribution < -0.4 is 5.32 Å². The van der Waals surface area contributed by atoms with Crippen LogP contribution in [0.1, 0.15) is 66.4 Å². The van der Waals surface area contributed by atoms with E-state index in [9.17, 15) is 4.79 Å². The molecule has 1 rings (SSSR count). The van der Waals surface area contributed by atoms with Crippen LogP contribution in [0.3, 0.4) is 0 Å². The monoisotopic (exact) mass is 323 g/mol. The number of aromatic nitrogens is 2. The minimum absolute atomic E-state index is 0.0393. The van der Waals surface area contributed by atoms with Crippen molar-refractivity contribution in [3.63, 3.8) is 0 Å². The van der Waals surface area contributed by atoms with Gasteiger partial charge in [-0.05, 0) is 45.6 Å². The summed E-state index contributed by atoms with van der Waals surface area (Å²) in [6, 6.07) is 0. The predicted octanol–water partition coefficient (Wildman–Crippen LogP) is 3.53. The van der Waals surface area contributed by atoms with Gasteiger partial charge in [0.25, 0.3) is 0 Å². The van der Waals surface area contributed by atoms with Gasteiger partial charge in [-0.25, -0.2) is 0 Å². The molecule has 5 nitrogen and oxygen atoms in total. The number of ether oxygens (including phenoxy) is 1. The van der Waals surface area contributed by atoms with Crippen LogP contribution in [0.2, 0.25) is 0 Å². The van der Waals surface area contributed by atoms with Crippen LogP contribution in [0.15, 0.2) is 12.4 Å². The Kier molecular flexibility index (Phi) is 7.26. The number of hydrogen-bond donors (Lipinski definition) is 1. The Balaban J connectivity index is 2.23. The van der Waals surface area contributed by atoms with Gasteiger partial charge in [0.1, 0.15) is 6.61 Å². The SMILES string of the molecule is CC(C)(C)CC(=O)OCc1cnn(CCCCNC(C)(C)C)c1. The van der Waals surface area contributed by atoms with Crippen molar-refractivity contribution >= 4 is 5.97 Å². The third-order valence-corrected chi connectivity index (χ3v) is 3.23. The van der Waals surface area contributed by atoms with Gasteiger partial charge in [-0.1, -0.05) is 20.8 Å². The highest BCUT2D eigenvalue weighted by Crippen LogP contribution is 2.19. The molecule has 0 aliphatic heterocycles. The van der Waals surface area contributed by atoms with Gasteiger partial charge in [-0.2, -0.15) is 5.10 Å². The number of rotatable bonds is 8. The first-order valence-electron chi connectivity index (χ1n) is 8.47. The smallest absolute Gasteiger partial charge is 0.306 e. The number of aryl methyl sites for hydroxylation is 1. The minimum Gasteiger partial charge on any atom is -0.461 e. The van der Waals surface area contributed by atoms with Crippen molar-refractivity contribution in [1.82, 2.24) is 15.1 Å². The molecule has 1 heterocycles. The van der Waals surface area contributed by atoms with Crippen LogP contribution in [-0.4, -0.2) is 27.8 Å². The lowest BCUT2D eigenvalue weighted by atomic mass is 9.92. The average molecular weight is 323 g/mol. The van der Waals surface area contributed by atoms with E-state index >= 15 is 0 Å². The van der Waals surface area contributed by atoms with Crippen molar-refractivity contribution in [1.29, 1.82) is 0 Å². The molecule has 0 aliphatic carbocycles. The molecule has 0 unspecified atom stereocenters. The molecule has 0 saturated carbocycles. The number of nitrogens with one attached hydrogen (secondary N) is 1. The molecule has 1 aromatic heterocycles. The quantitative estimate of drug-likeness (QED) is 0.587. The second kappa shape index (κ2) is 8.48. The second-order valence-corrected chi connectivity index (χ2v) is 8.39. The van der Waals surface area contributed by atoms with Gasteiger partial charge in [-0.15, -0.1) is 0 Å². The fourth-order valence-electron chi connectivity index (χ4n) is 2.11. The molecule has 0 atom stereocenters. The van der Waals surface area contributed by atoms with E-state index in [-0.39, 0.29) is 16.9 Å². The van der Waals surface area contributed by atoms with E-state index in [0.717, 1.165) is 31.5 Å². The van der Waals surface area contributed by atoms with E-state index in [4.69, 9.17) is 4.74 Å². The maximum Gasteiger partial charge on any atom is 0.306 e. The maximum absolute atomic E-state index is 11.7. The van der Waals surface area contributed by atoms with Crippen LogP contribution in [0.25, 0.3) is 0 Å². The van der Waals surface area contributed by atoms with Crippen molar-refractivity contribution in [2.45, 2.75) is 79.5 Å². The predicted molar refractivity (Wildman–Crippen MR) is 93.1 cm³/mol. The second-order valence-electron chi connectivity index (χ2n) is 8.39. The first-order valence-corrected chi connectivity index (χ1v) is 8.47. The molecule has 1 aromatic rings. The standard InChI is InChI=1S/C18H33N3O2/c1-17(2,3)11-16(22)23-14-15-12-20-21(13-15)10-8-7-9-19-18(4,5)6/h12-13,19H,7-11,14H2,1-6H3. The molecule has 0 radical (unpaired) electrons. The van der Waals surface area contributed by atoms with Gasteiger partial charge >= 0.3 is 5.97 Å². The average Bonchev–Trinajstić information content (AvgIpc) is 2.80. The van der Waals surface area contributed by atoms with E-state index in [0.29, 0.717) is 13.0 Å². The fourth-order valence-corrected chi connectivity index (χ4v) is 2.11. The number of unbranched alkanes of at least 4 members (excludes halogenated alkanes) is 1. The zero-order valence-corrected chi connectivity index (χ0v) is 15.6. The molecule has 0 amide bonds. The number of nitrogens with zero attached hydrogens (tertiary/aromatic N) is 2. The van der Waals surface area contributed by atoms with E-state index in [2.05, 4.69) is 31.2 Å². The number of carbonyl (C=O) groups excluding carboxylic acids is 1. The lowest BCUT2D eigenvalue weighted by Crippen LogP contribution is -2.36. The first kappa shape index (κ1) is 19.7. The maximum atomic E-state index is 11.7. The summed E-state index contributed by atoms with van der Waals surface area (Å²) in [6.07, 6.45) is 6.36. The molecule has 132 valence electrons. The number of esters is 1. The molecule has 0 saturated heterocycles. The first-order chi connectivity index (χ1) is 10.6. The highest BCUT2D eigenvalue weighted by Gasteiger charge is 2.17. The van der Waals surface area contributed by atoms with Crippen molar-refractivity contribution in [2.75, 3.05) is 6.54 Å². The summed E-state index contributed by atoms with van der Waals surface area (Å²) < 4.78 is 7.22. The highest BCUT2D eigenvalue weighted by molar-refractivity contribution is 5.70. The molecule has 0 spiro atoms. The molecular weight excluding hydrogens is 290 g/mol. The lowest BCUT2D eigenvalue weighted by molar-refractivity contribution is -0.147. The van der Waals surface area contributed by atoms with Gasteiger partial charge in [-0.3, -0.25) is 9.48 Å². The van der Waals surface area contributed by atoms with Crippen molar-refractivity contribution in [2.24, 2.45) is 5.41 Å². The van der Waals surface area contributed by atoms with Crippen LogP contribution in [0.5, 0.6) is 0 Å². The van der Waals surface area contributed by atoms with Gasteiger partial charge < -0.3 is 10.1 Å².